The molecule has 0 aromatic heterocycles. The standard InChI is InChI=1S/C16H18ClNO2/c1-11-8-12(4-6-15(11)19-2)10-18-13-5-7-16(20-3)14(17)9-13/h4-9,18H,10H2,1-3H3. The maximum Gasteiger partial charge on any atom is 0.137 e. The summed E-state index contributed by atoms with van der Waals surface area (Å²) in [7, 11) is 3.29. The number of rotatable bonds is 5. The van der Waals surface area contributed by atoms with Gasteiger partial charge in [-0.1, -0.05) is 23.7 Å². The normalized spacial score (nSPS) is 10.2. The van der Waals surface area contributed by atoms with Crippen LogP contribution in [0.2, 0.25) is 5.02 Å². The second-order valence-corrected chi connectivity index (χ2v) is 4.91. The number of ether oxygens (including phenoxy) is 2. The van der Waals surface area contributed by atoms with E-state index in [-0.39, 0.29) is 0 Å². The quantitative estimate of drug-likeness (QED) is 0.892. The molecule has 0 saturated heterocycles. The predicted octanol–water partition coefficient (Wildman–Crippen LogP) is 4.28. The van der Waals surface area contributed by atoms with Gasteiger partial charge in [-0.3, -0.25) is 0 Å². The van der Waals surface area contributed by atoms with Crippen LogP contribution in [0.4, 0.5) is 5.69 Å². The Kier molecular flexibility index (Phi) is 4.74. The number of hydrogen-bond acceptors (Lipinski definition) is 3. The number of anilines is 1. The molecule has 2 aromatic rings. The summed E-state index contributed by atoms with van der Waals surface area (Å²) in [5.41, 5.74) is 3.28. The van der Waals surface area contributed by atoms with Crippen LogP contribution in [0.5, 0.6) is 11.5 Å². The summed E-state index contributed by atoms with van der Waals surface area (Å²) >= 11 is 6.09. The number of methoxy groups -OCH3 is 2. The van der Waals surface area contributed by atoms with E-state index in [1.165, 1.54) is 5.56 Å². The van der Waals surface area contributed by atoms with Gasteiger partial charge >= 0.3 is 0 Å². The second-order valence-electron chi connectivity index (χ2n) is 4.51. The van der Waals surface area contributed by atoms with Crippen molar-refractivity contribution in [3.05, 3.63) is 52.5 Å². The van der Waals surface area contributed by atoms with Crippen molar-refractivity contribution < 1.29 is 9.47 Å². The van der Waals surface area contributed by atoms with Gasteiger partial charge in [0.15, 0.2) is 0 Å². The van der Waals surface area contributed by atoms with Gasteiger partial charge in [0.2, 0.25) is 0 Å². The molecule has 3 nitrogen and oxygen atoms in total. The first-order valence-corrected chi connectivity index (χ1v) is 6.72. The highest BCUT2D eigenvalue weighted by atomic mass is 35.5. The van der Waals surface area contributed by atoms with Crippen LogP contribution in [0.1, 0.15) is 11.1 Å². The fraction of sp³-hybridized carbons (Fsp3) is 0.250. The van der Waals surface area contributed by atoms with Crippen molar-refractivity contribution in [2.24, 2.45) is 0 Å². The largest absolute Gasteiger partial charge is 0.496 e. The van der Waals surface area contributed by atoms with Crippen molar-refractivity contribution in [1.29, 1.82) is 0 Å². The minimum Gasteiger partial charge on any atom is -0.496 e. The molecule has 0 aliphatic carbocycles. The van der Waals surface area contributed by atoms with Gasteiger partial charge in [-0.15, -0.1) is 0 Å². The molecule has 0 saturated carbocycles. The van der Waals surface area contributed by atoms with Gasteiger partial charge < -0.3 is 14.8 Å². The fourth-order valence-electron chi connectivity index (χ4n) is 2.03. The molecule has 0 bridgehead atoms. The lowest BCUT2D eigenvalue weighted by Gasteiger charge is -2.11. The van der Waals surface area contributed by atoms with Gasteiger partial charge in [0.05, 0.1) is 19.2 Å². The Morgan fingerprint density at radius 2 is 1.70 bits per heavy atom. The smallest absolute Gasteiger partial charge is 0.137 e. The van der Waals surface area contributed by atoms with E-state index < -0.39 is 0 Å². The van der Waals surface area contributed by atoms with E-state index in [9.17, 15) is 0 Å². The maximum atomic E-state index is 6.09. The average molecular weight is 292 g/mol. The lowest BCUT2D eigenvalue weighted by Crippen LogP contribution is -2.00. The zero-order chi connectivity index (χ0) is 14.5. The molecule has 0 aliphatic rings. The molecule has 0 radical (unpaired) electrons. The summed E-state index contributed by atoms with van der Waals surface area (Å²) in [4.78, 5) is 0. The van der Waals surface area contributed by atoms with Crippen molar-refractivity contribution in [2.75, 3.05) is 19.5 Å². The SMILES string of the molecule is COc1ccc(CNc2ccc(OC)c(Cl)c2)cc1C. The van der Waals surface area contributed by atoms with Gasteiger partial charge in [0.1, 0.15) is 11.5 Å². The van der Waals surface area contributed by atoms with E-state index in [0.717, 1.165) is 23.5 Å². The Hall–Kier alpha value is -1.87. The van der Waals surface area contributed by atoms with Gasteiger partial charge in [-0.2, -0.15) is 0 Å². The van der Waals surface area contributed by atoms with Crippen LogP contribution in [0, 0.1) is 6.92 Å². The zero-order valence-corrected chi connectivity index (χ0v) is 12.6. The number of benzene rings is 2. The van der Waals surface area contributed by atoms with E-state index in [0.29, 0.717) is 10.8 Å². The molecule has 0 aliphatic heterocycles. The Morgan fingerprint density at radius 3 is 2.30 bits per heavy atom. The van der Waals surface area contributed by atoms with E-state index in [4.69, 9.17) is 21.1 Å². The monoisotopic (exact) mass is 291 g/mol. The first kappa shape index (κ1) is 14.5. The Labute approximate surface area is 124 Å². The number of hydrogen-bond donors (Lipinski definition) is 1. The fourth-order valence-corrected chi connectivity index (χ4v) is 2.29. The molecular formula is C16H18ClNO2. The highest BCUT2D eigenvalue weighted by molar-refractivity contribution is 6.32. The van der Waals surface area contributed by atoms with Gasteiger partial charge in [0.25, 0.3) is 0 Å². The summed E-state index contributed by atoms with van der Waals surface area (Å²) in [5, 5.41) is 3.94. The Bertz CT molecular complexity index is 546. The zero-order valence-electron chi connectivity index (χ0n) is 11.9. The molecule has 2 aromatic carbocycles. The third kappa shape index (κ3) is 3.36. The van der Waals surface area contributed by atoms with Crippen molar-refractivity contribution >= 4 is 17.3 Å². The molecule has 4 heteroatoms. The summed E-state index contributed by atoms with van der Waals surface area (Å²) < 4.78 is 10.4. The summed E-state index contributed by atoms with van der Waals surface area (Å²) in [5.74, 6) is 1.58. The second kappa shape index (κ2) is 6.53. The number of halogens is 1. The maximum absolute atomic E-state index is 6.09. The van der Waals surface area contributed by atoms with Crippen LogP contribution in [0.25, 0.3) is 0 Å². The molecule has 0 unspecified atom stereocenters. The average Bonchev–Trinajstić information content (AvgIpc) is 2.45. The van der Waals surface area contributed by atoms with E-state index in [1.54, 1.807) is 14.2 Å². The van der Waals surface area contributed by atoms with Gasteiger partial charge in [-0.25, -0.2) is 0 Å². The van der Waals surface area contributed by atoms with Crippen LogP contribution in [0.15, 0.2) is 36.4 Å². The van der Waals surface area contributed by atoms with E-state index >= 15 is 0 Å². The molecule has 1 N–H and O–H groups in total. The first-order valence-electron chi connectivity index (χ1n) is 6.35. The van der Waals surface area contributed by atoms with Crippen molar-refractivity contribution in [3.8, 4) is 11.5 Å². The molecule has 0 fully saturated rings. The summed E-state index contributed by atoms with van der Waals surface area (Å²) in [6.07, 6.45) is 0. The van der Waals surface area contributed by atoms with Crippen LogP contribution >= 0.6 is 11.6 Å². The number of nitrogens with one attached hydrogen (secondary N) is 1. The van der Waals surface area contributed by atoms with Gasteiger partial charge in [-0.05, 0) is 42.3 Å². The van der Waals surface area contributed by atoms with Gasteiger partial charge in [0, 0.05) is 12.2 Å². The molecule has 0 atom stereocenters. The lowest BCUT2D eigenvalue weighted by molar-refractivity contribution is 0.411. The Morgan fingerprint density at radius 1 is 1.00 bits per heavy atom. The molecule has 0 spiro atoms. The minimum absolute atomic E-state index is 0.600. The molecule has 0 amide bonds. The highest BCUT2D eigenvalue weighted by Gasteiger charge is 2.03. The first-order chi connectivity index (χ1) is 9.63. The molecule has 2 rings (SSSR count). The molecule has 0 heterocycles. The summed E-state index contributed by atoms with van der Waals surface area (Å²) in [6.45, 7) is 2.76. The number of aryl methyl sites for hydroxylation is 1. The third-order valence-electron chi connectivity index (χ3n) is 3.11. The van der Waals surface area contributed by atoms with E-state index in [2.05, 4.69) is 11.4 Å². The van der Waals surface area contributed by atoms with Crippen LogP contribution in [0.3, 0.4) is 0 Å². The lowest BCUT2D eigenvalue weighted by atomic mass is 10.1. The van der Waals surface area contributed by atoms with E-state index in [1.807, 2.05) is 37.3 Å². The van der Waals surface area contributed by atoms with Crippen molar-refractivity contribution in [2.45, 2.75) is 13.5 Å². The highest BCUT2D eigenvalue weighted by Crippen LogP contribution is 2.27. The molecular weight excluding hydrogens is 274 g/mol. The van der Waals surface area contributed by atoms with Crippen LogP contribution < -0.4 is 14.8 Å². The third-order valence-corrected chi connectivity index (χ3v) is 3.40. The molecule has 20 heavy (non-hydrogen) atoms. The Balaban J connectivity index is 2.05. The van der Waals surface area contributed by atoms with Crippen LogP contribution in [-0.4, -0.2) is 14.2 Å². The van der Waals surface area contributed by atoms with Crippen molar-refractivity contribution in [1.82, 2.24) is 0 Å². The topological polar surface area (TPSA) is 30.5 Å². The van der Waals surface area contributed by atoms with Crippen molar-refractivity contribution in [3.63, 3.8) is 0 Å². The minimum atomic E-state index is 0.600. The summed E-state index contributed by atoms with van der Waals surface area (Å²) in [6, 6.07) is 11.8. The predicted molar refractivity (Wildman–Crippen MR) is 83.1 cm³/mol. The molecule has 106 valence electrons. The van der Waals surface area contributed by atoms with Crippen LogP contribution in [-0.2, 0) is 6.54 Å².